The van der Waals surface area contributed by atoms with Gasteiger partial charge in [0.1, 0.15) is 6.10 Å². The summed E-state index contributed by atoms with van der Waals surface area (Å²) in [6.45, 7) is 2.41. The fraction of sp³-hybridized carbons (Fsp3) is 0.240. The van der Waals surface area contributed by atoms with Crippen molar-refractivity contribution in [3.05, 3.63) is 102 Å². The quantitative estimate of drug-likeness (QED) is 0.523. The summed E-state index contributed by atoms with van der Waals surface area (Å²) in [4.78, 5) is 15.2. The summed E-state index contributed by atoms with van der Waals surface area (Å²) in [5.74, 6) is -0.572. The Balaban J connectivity index is 1.36. The molecule has 0 unspecified atom stereocenters. The average molecular weight is 436 g/mol. The van der Waals surface area contributed by atoms with Crippen LogP contribution in [0.15, 0.2) is 89.8 Å². The van der Waals surface area contributed by atoms with Crippen LogP contribution in [0.1, 0.15) is 27.9 Å². The molecule has 0 aliphatic carbocycles. The summed E-state index contributed by atoms with van der Waals surface area (Å²) in [5, 5.41) is 0. The first-order valence-electron chi connectivity index (χ1n) is 10.3. The molecule has 0 radical (unpaired) electrons. The van der Waals surface area contributed by atoms with Gasteiger partial charge in [0, 0.05) is 19.6 Å². The molecule has 1 atom stereocenters. The minimum absolute atomic E-state index is 0.159. The fourth-order valence-corrected chi connectivity index (χ4v) is 5.17. The zero-order valence-corrected chi connectivity index (χ0v) is 18.0. The number of ether oxygens (including phenoxy) is 1. The second-order valence-electron chi connectivity index (χ2n) is 7.81. The molecular weight excluding hydrogens is 410 g/mol. The second-order valence-corrected chi connectivity index (χ2v) is 9.80. The van der Waals surface area contributed by atoms with Crippen LogP contribution in [0.5, 0.6) is 0 Å². The van der Waals surface area contributed by atoms with Gasteiger partial charge in [0.2, 0.25) is 0 Å². The fourth-order valence-electron chi connectivity index (χ4n) is 3.82. The van der Waals surface area contributed by atoms with Crippen LogP contribution in [0.2, 0.25) is 0 Å². The first-order chi connectivity index (χ1) is 15.0. The maximum absolute atomic E-state index is 12.7. The Morgan fingerprint density at radius 1 is 0.903 bits per heavy atom. The Kier molecular flexibility index (Phi) is 6.49. The van der Waals surface area contributed by atoms with Crippen molar-refractivity contribution in [2.75, 3.05) is 13.1 Å². The molecule has 0 N–H and O–H groups in total. The van der Waals surface area contributed by atoms with E-state index >= 15 is 0 Å². The van der Waals surface area contributed by atoms with Crippen molar-refractivity contribution in [3.8, 4) is 0 Å². The molecule has 1 fully saturated rings. The molecule has 1 saturated heterocycles. The lowest BCUT2D eigenvalue weighted by Crippen LogP contribution is -2.24. The van der Waals surface area contributed by atoms with E-state index < -0.39 is 15.8 Å². The highest BCUT2D eigenvalue weighted by atomic mass is 32.2. The Hall–Kier alpha value is -2.96. The summed E-state index contributed by atoms with van der Waals surface area (Å²) in [6, 6.07) is 25.2. The molecule has 31 heavy (non-hydrogen) atoms. The van der Waals surface area contributed by atoms with Crippen LogP contribution in [0.3, 0.4) is 0 Å². The zero-order valence-electron chi connectivity index (χ0n) is 17.2. The minimum atomic E-state index is -3.47. The van der Waals surface area contributed by atoms with E-state index in [1.165, 1.54) is 5.56 Å². The topological polar surface area (TPSA) is 63.7 Å². The lowest BCUT2D eigenvalue weighted by molar-refractivity contribution is 0.0320. The van der Waals surface area contributed by atoms with Crippen molar-refractivity contribution >= 4 is 15.8 Å². The van der Waals surface area contributed by atoms with Crippen molar-refractivity contribution in [2.45, 2.75) is 29.7 Å². The molecule has 0 aromatic heterocycles. The van der Waals surface area contributed by atoms with Crippen molar-refractivity contribution in [2.24, 2.45) is 0 Å². The number of sulfone groups is 1. The molecule has 3 aromatic carbocycles. The van der Waals surface area contributed by atoms with Gasteiger partial charge >= 0.3 is 5.97 Å². The van der Waals surface area contributed by atoms with Gasteiger partial charge < -0.3 is 4.74 Å². The molecular formula is C25H25NO4S. The van der Waals surface area contributed by atoms with Gasteiger partial charge in [0.05, 0.1) is 16.2 Å². The molecule has 0 amide bonds. The summed E-state index contributed by atoms with van der Waals surface area (Å²) in [7, 11) is -3.47. The van der Waals surface area contributed by atoms with E-state index in [1.807, 2.05) is 18.2 Å². The van der Waals surface area contributed by atoms with Gasteiger partial charge in [0.15, 0.2) is 9.84 Å². The van der Waals surface area contributed by atoms with Gasteiger partial charge in [-0.1, -0.05) is 60.7 Å². The number of carbonyl (C=O) groups is 1. The van der Waals surface area contributed by atoms with E-state index in [0.29, 0.717) is 17.7 Å². The summed E-state index contributed by atoms with van der Waals surface area (Å²) >= 11 is 0. The van der Waals surface area contributed by atoms with Crippen molar-refractivity contribution < 1.29 is 17.9 Å². The van der Waals surface area contributed by atoms with Crippen LogP contribution < -0.4 is 0 Å². The monoisotopic (exact) mass is 435 g/mol. The van der Waals surface area contributed by atoms with Gasteiger partial charge in [-0.15, -0.1) is 0 Å². The molecule has 0 bridgehead atoms. The highest BCUT2D eigenvalue weighted by Gasteiger charge is 2.26. The zero-order chi connectivity index (χ0) is 21.7. The molecule has 1 aliphatic heterocycles. The Morgan fingerprint density at radius 2 is 1.58 bits per heavy atom. The lowest BCUT2D eigenvalue weighted by Gasteiger charge is -2.16. The molecule has 5 nitrogen and oxygen atoms in total. The molecule has 160 valence electrons. The smallest absolute Gasteiger partial charge is 0.338 e. The molecule has 1 aliphatic rings. The number of hydrogen-bond acceptors (Lipinski definition) is 5. The molecule has 4 rings (SSSR count). The Morgan fingerprint density at radius 3 is 2.32 bits per heavy atom. The van der Waals surface area contributed by atoms with Crippen LogP contribution in [0.4, 0.5) is 0 Å². The number of benzene rings is 3. The normalized spacial score (nSPS) is 16.8. The first kappa shape index (κ1) is 21.3. The Bertz CT molecular complexity index is 1130. The maximum atomic E-state index is 12.7. The largest absolute Gasteiger partial charge is 0.457 e. The standard InChI is InChI=1S/C25H25NO4S/c27-25(30-23-14-15-26(18-23)17-20-8-3-1-4-9-20)22-11-7-10-21(16-22)19-31(28,29)24-12-5-2-6-13-24/h1-13,16,23H,14-15,17-19H2/t23-/m1/s1. The molecule has 0 spiro atoms. The van der Waals surface area contributed by atoms with Gasteiger partial charge in [-0.05, 0) is 41.8 Å². The number of rotatable bonds is 7. The lowest BCUT2D eigenvalue weighted by atomic mass is 10.1. The van der Waals surface area contributed by atoms with Gasteiger partial charge in [-0.2, -0.15) is 0 Å². The molecule has 0 saturated carbocycles. The summed E-state index contributed by atoms with van der Waals surface area (Å²) in [6.07, 6.45) is 0.633. The molecule has 1 heterocycles. The van der Waals surface area contributed by atoms with E-state index in [9.17, 15) is 13.2 Å². The predicted molar refractivity (Wildman–Crippen MR) is 119 cm³/mol. The van der Waals surface area contributed by atoms with Crippen LogP contribution in [-0.2, 0) is 26.9 Å². The highest BCUT2D eigenvalue weighted by Crippen LogP contribution is 2.20. The van der Waals surface area contributed by atoms with E-state index in [0.717, 1.165) is 19.5 Å². The number of likely N-dealkylation sites (tertiary alicyclic amines) is 1. The van der Waals surface area contributed by atoms with E-state index in [4.69, 9.17) is 4.74 Å². The highest BCUT2D eigenvalue weighted by molar-refractivity contribution is 7.90. The number of nitrogens with zero attached hydrogens (tertiary/aromatic N) is 1. The third-order valence-electron chi connectivity index (χ3n) is 5.37. The maximum Gasteiger partial charge on any atom is 0.338 e. The number of carbonyl (C=O) groups excluding carboxylic acids is 1. The van der Waals surface area contributed by atoms with Gasteiger partial charge in [-0.25, -0.2) is 13.2 Å². The Labute approximate surface area is 183 Å². The number of esters is 1. The van der Waals surface area contributed by atoms with Crippen molar-refractivity contribution in [1.29, 1.82) is 0 Å². The van der Waals surface area contributed by atoms with Crippen LogP contribution >= 0.6 is 0 Å². The van der Waals surface area contributed by atoms with Gasteiger partial charge in [0.25, 0.3) is 0 Å². The van der Waals surface area contributed by atoms with Crippen LogP contribution in [0.25, 0.3) is 0 Å². The van der Waals surface area contributed by atoms with Crippen LogP contribution in [-0.4, -0.2) is 38.5 Å². The first-order valence-corrected chi connectivity index (χ1v) is 12.0. The third-order valence-corrected chi connectivity index (χ3v) is 7.08. The van der Waals surface area contributed by atoms with E-state index in [-0.39, 0.29) is 16.8 Å². The number of hydrogen-bond donors (Lipinski definition) is 0. The summed E-state index contributed by atoms with van der Waals surface area (Å²) < 4.78 is 31.0. The van der Waals surface area contributed by atoms with Crippen molar-refractivity contribution in [3.63, 3.8) is 0 Å². The second kappa shape index (κ2) is 9.45. The predicted octanol–water partition coefficient (Wildman–Crippen LogP) is 4.09. The van der Waals surface area contributed by atoms with Crippen molar-refractivity contribution in [1.82, 2.24) is 4.90 Å². The molecule has 3 aromatic rings. The SMILES string of the molecule is O=C(O[C@@H]1CCN(Cc2ccccc2)C1)c1cccc(CS(=O)(=O)c2ccccc2)c1. The minimum Gasteiger partial charge on any atom is -0.457 e. The van der Waals surface area contributed by atoms with E-state index in [2.05, 4.69) is 17.0 Å². The third kappa shape index (κ3) is 5.60. The van der Waals surface area contributed by atoms with Gasteiger partial charge in [-0.3, -0.25) is 4.90 Å². The van der Waals surface area contributed by atoms with Crippen LogP contribution in [0, 0.1) is 0 Å². The van der Waals surface area contributed by atoms with E-state index in [1.54, 1.807) is 54.6 Å². The average Bonchev–Trinajstić information content (AvgIpc) is 3.21. The summed E-state index contributed by atoms with van der Waals surface area (Å²) in [5.41, 5.74) is 2.18. The molecule has 6 heteroatoms.